The third-order valence-electron chi connectivity index (χ3n) is 5.40. The second-order valence-corrected chi connectivity index (χ2v) is 7.47. The van der Waals surface area contributed by atoms with Crippen molar-refractivity contribution in [2.24, 2.45) is 0 Å². The summed E-state index contributed by atoms with van der Waals surface area (Å²) in [6.07, 6.45) is 4.54. The molecule has 2 aromatic carbocycles. The number of hydrogen-bond donors (Lipinski definition) is 2. The Labute approximate surface area is 174 Å². The van der Waals surface area contributed by atoms with Gasteiger partial charge >= 0.3 is 0 Å². The number of hydrogen-bond acceptors (Lipinski definition) is 4. The third-order valence-corrected chi connectivity index (χ3v) is 5.40. The van der Waals surface area contributed by atoms with Gasteiger partial charge in [0.25, 0.3) is 5.91 Å². The van der Waals surface area contributed by atoms with Crippen molar-refractivity contribution in [2.75, 3.05) is 5.32 Å². The molecule has 2 aromatic heterocycles. The van der Waals surface area contributed by atoms with Crippen molar-refractivity contribution >= 4 is 11.6 Å². The maximum Gasteiger partial charge on any atom is 0.273 e. The number of nitrogens with zero attached hydrogens (tertiary/aromatic N) is 4. The van der Waals surface area contributed by atoms with Crippen molar-refractivity contribution in [2.45, 2.75) is 32.2 Å². The lowest BCUT2D eigenvalue weighted by molar-refractivity contribution is 0.102. The van der Waals surface area contributed by atoms with Crippen LogP contribution in [0.3, 0.4) is 0 Å². The van der Waals surface area contributed by atoms with Gasteiger partial charge in [0, 0.05) is 29.8 Å². The molecule has 1 aliphatic heterocycles. The van der Waals surface area contributed by atoms with Crippen LogP contribution in [0.2, 0.25) is 0 Å². The molecule has 30 heavy (non-hydrogen) atoms. The zero-order valence-corrected chi connectivity index (χ0v) is 16.5. The average molecular weight is 398 g/mol. The largest absolute Gasteiger partial charge is 0.321 e. The summed E-state index contributed by atoms with van der Waals surface area (Å²) in [4.78, 5) is 12.6. The highest BCUT2D eigenvalue weighted by Gasteiger charge is 2.16. The van der Waals surface area contributed by atoms with E-state index in [0.29, 0.717) is 5.69 Å². The Kier molecular flexibility index (Phi) is 4.85. The highest BCUT2D eigenvalue weighted by molar-refractivity contribution is 6.03. The normalized spacial score (nSPS) is 13.5. The van der Waals surface area contributed by atoms with Crippen molar-refractivity contribution in [3.63, 3.8) is 0 Å². The summed E-state index contributed by atoms with van der Waals surface area (Å²) in [5.41, 5.74) is 3.84. The molecule has 0 bridgehead atoms. The molecule has 7 nitrogen and oxygen atoms in total. The van der Waals surface area contributed by atoms with E-state index in [0.717, 1.165) is 53.5 Å². The van der Waals surface area contributed by atoms with Crippen LogP contribution >= 0.6 is 0 Å². The minimum Gasteiger partial charge on any atom is -0.321 e. The lowest BCUT2D eigenvalue weighted by Crippen LogP contribution is -2.12. The molecule has 0 radical (unpaired) electrons. The molecule has 0 saturated carbocycles. The van der Waals surface area contributed by atoms with Crippen LogP contribution in [0, 0.1) is 0 Å². The molecule has 4 aromatic rings. The summed E-state index contributed by atoms with van der Waals surface area (Å²) < 4.78 is 2.22. The van der Waals surface area contributed by atoms with Crippen molar-refractivity contribution < 1.29 is 4.79 Å². The van der Waals surface area contributed by atoms with Crippen LogP contribution < -0.4 is 5.32 Å². The molecule has 1 aliphatic rings. The number of nitrogens with one attached hydrogen (secondary N) is 2. The Balaban J connectivity index is 1.30. The maximum absolute atomic E-state index is 12.6. The molecule has 0 atom stereocenters. The van der Waals surface area contributed by atoms with E-state index in [9.17, 15) is 4.79 Å². The summed E-state index contributed by atoms with van der Waals surface area (Å²) in [5, 5.41) is 18.7. The fourth-order valence-corrected chi connectivity index (χ4v) is 3.79. The zero-order valence-electron chi connectivity index (χ0n) is 16.5. The molecule has 0 fully saturated rings. The van der Waals surface area contributed by atoms with E-state index >= 15 is 0 Å². The molecule has 150 valence electrons. The van der Waals surface area contributed by atoms with Crippen LogP contribution in [0.4, 0.5) is 5.69 Å². The molecule has 0 aliphatic carbocycles. The summed E-state index contributed by atoms with van der Waals surface area (Å²) in [6.45, 7) is 0.958. The highest BCUT2D eigenvalue weighted by Crippen LogP contribution is 2.24. The predicted molar refractivity (Wildman–Crippen MR) is 115 cm³/mol. The number of carbonyl (C=O) groups is 1. The van der Waals surface area contributed by atoms with Crippen LogP contribution in [0.5, 0.6) is 0 Å². The molecule has 2 N–H and O–H groups in total. The van der Waals surface area contributed by atoms with Crippen molar-refractivity contribution in [3.05, 3.63) is 72.2 Å². The summed E-state index contributed by atoms with van der Waals surface area (Å²) in [7, 11) is 0. The van der Waals surface area contributed by atoms with E-state index in [1.807, 2.05) is 54.6 Å². The Morgan fingerprint density at radius 1 is 0.933 bits per heavy atom. The van der Waals surface area contributed by atoms with Gasteiger partial charge in [0.15, 0.2) is 5.82 Å². The van der Waals surface area contributed by atoms with E-state index < -0.39 is 0 Å². The van der Waals surface area contributed by atoms with Gasteiger partial charge in [-0.05, 0) is 43.2 Å². The fourth-order valence-electron chi connectivity index (χ4n) is 3.79. The van der Waals surface area contributed by atoms with E-state index in [2.05, 4.69) is 30.3 Å². The van der Waals surface area contributed by atoms with Gasteiger partial charge < -0.3 is 9.88 Å². The molecule has 0 saturated heterocycles. The number of H-pyrrole nitrogens is 1. The van der Waals surface area contributed by atoms with Crippen LogP contribution in [0.1, 0.15) is 35.6 Å². The molecule has 3 heterocycles. The maximum atomic E-state index is 12.6. The van der Waals surface area contributed by atoms with Gasteiger partial charge in [0.1, 0.15) is 11.5 Å². The van der Waals surface area contributed by atoms with Crippen LogP contribution in [-0.4, -0.2) is 30.9 Å². The van der Waals surface area contributed by atoms with Gasteiger partial charge in [-0.15, -0.1) is 10.2 Å². The Morgan fingerprint density at radius 2 is 1.77 bits per heavy atom. The first kappa shape index (κ1) is 18.3. The Bertz CT molecular complexity index is 1160. The number of aromatic amines is 1. The van der Waals surface area contributed by atoms with Crippen LogP contribution in [0.15, 0.2) is 60.7 Å². The highest BCUT2D eigenvalue weighted by atomic mass is 16.1. The summed E-state index contributed by atoms with van der Waals surface area (Å²) in [5.74, 6) is 1.73. The lowest BCUT2D eigenvalue weighted by atomic mass is 10.1. The SMILES string of the molecule is O=C(Nc1ccc(-c2nnc3n2CCCCC3)cc1)c1cc(-c2ccccc2)n[nH]1. The zero-order chi connectivity index (χ0) is 20.3. The quantitative estimate of drug-likeness (QED) is 0.536. The van der Waals surface area contributed by atoms with Crippen molar-refractivity contribution in [1.82, 2.24) is 25.0 Å². The number of benzene rings is 2. The van der Waals surface area contributed by atoms with E-state index in [1.165, 1.54) is 12.8 Å². The van der Waals surface area contributed by atoms with Crippen LogP contribution in [0.25, 0.3) is 22.6 Å². The Morgan fingerprint density at radius 3 is 2.60 bits per heavy atom. The average Bonchev–Trinajstić information content (AvgIpc) is 3.37. The third kappa shape index (κ3) is 3.61. The lowest BCUT2D eigenvalue weighted by Gasteiger charge is -2.08. The smallest absolute Gasteiger partial charge is 0.273 e. The Hall–Kier alpha value is -3.74. The number of aromatic nitrogens is 5. The number of fused-ring (bicyclic) bond motifs is 1. The molecular formula is C23H22N6O. The standard InChI is InChI=1S/C23H22N6O/c30-23(20-15-19(25-26-20)16-7-3-1-4-8-16)24-18-12-10-17(11-13-18)22-28-27-21-9-5-2-6-14-29(21)22/h1,3-4,7-8,10-13,15H,2,5-6,9,14H2,(H,24,30)(H,25,26). The number of anilines is 1. The monoisotopic (exact) mass is 398 g/mol. The summed E-state index contributed by atoms with van der Waals surface area (Å²) in [6, 6.07) is 19.2. The number of carbonyl (C=O) groups excluding carboxylic acids is 1. The van der Waals surface area contributed by atoms with E-state index in [4.69, 9.17) is 0 Å². The predicted octanol–water partition coefficient (Wildman–Crippen LogP) is 4.31. The molecule has 5 rings (SSSR count). The van der Waals surface area contributed by atoms with Crippen LogP contribution in [-0.2, 0) is 13.0 Å². The first-order valence-corrected chi connectivity index (χ1v) is 10.2. The topological polar surface area (TPSA) is 88.5 Å². The van der Waals surface area contributed by atoms with Crippen molar-refractivity contribution in [1.29, 1.82) is 0 Å². The second kappa shape index (κ2) is 7.94. The number of rotatable bonds is 4. The van der Waals surface area contributed by atoms with Gasteiger partial charge in [-0.25, -0.2) is 0 Å². The first-order valence-electron chi connectivity index (χ1n) is 10.2. The van der Waals surface area contributed by atoms with E-state index in [-0.39, 0.29) is 5.91 Å². The minimum absolute atomic E-state index is 0.228. The van der Waals surface area contributed by atoms with Crippen molar-refractivity contribution in [3.8, 4) is 22.6 Å². The fraction of sp³-hybridized carbons (Fsp3) is 0.217. The number of aryl methyl sites for hydroxylation is 1. The van der Waals surface area contributed by atoms with E-state index in [1.54, 1.807) is 6.07 Å². The number of amides is 1. The summed E-state index contributed by atoms with van der Waals surface area (Å²) >= 11 is 0. The minimum atomic E-state index is -0.228. The van der Waals surface area contributed by atoms with Gasteiger partial charge in [0.05, 0.1) is 5.69 Å². The van der Waals surface area contributed by atoms with Gasteiger partial charge in [-0.2, -0.15) is 5.10 Å². The molecule has 7 heteroatoms. The molecule has 0 unspecified atom stereocenters. The molecular weight excluding hydrogens is 376 g/mol. The molecule has 0 spiro atoms. The second-order valence-electron chi connectivity index (χ2n) is 7.47. The first-order chi connectivity index (χ1) is 14.8. The van der Waals surface area contributed by atoms with Gasteiger partial charge in [-0.3, -0.25) is 9.89 Å². The van der Waals surface area contributed by atoms with Gasteiger partial charge in [-0.1, -0.05) is 36.8 Å². The molecule has 1 amide bonds. The van der Waals surface area contributed by atoms with Gasteiger partial charge in [0.2, 0.25) is 0 Å².